The Kier molecular flexibility index (Phi) is 7.16. The van der Waals surface area contributed by atoms with Gasteiger partial charge in [-0.15, -0.1) is 0 Å². The number of benzene rings is 2. The van der Waals surface area contributed by atoms with Crippen molar-refractivity contribution in [1.82, 2.24) is 5.32 Å². The number of carbonyl (C=O) groups is 1. The fourth-order valence-corrected chi connectivity index (χ4v) is 2.48. The van der Waals surface area contributed by atoms with Crippen LogP contribution in [-0.2, 0) is 11.3 Å². The Labute approximate surface area is 159 Å². The maximum Gasteiger partial charge on any atom is 0.261 e. The maximum atomic E-state index is 12.2. The Morgan fingerprint density at radius 1 is 1.08 bits per heavy atom. The van der Waals surface area contributed by atoms with Crippen LogP contribution in [0.5, 0.6) is 17.2 Å². The Hall–Kier alpha value is -2.40. The van der Waals surface area contributed by atoms with Crippen LogP contribution in [0.25, 0.3) is 0 Å². The summed E-state index contributed by atoms with van der Waals surface area (Å²) in [5.41, 5.74) is 0.904. The lowest BCUT2D eigenvalue weighted by molar-refractivity contribution is -0.127. The lowest BCUT2D eigenvalue weighted by Gasteiger charge is -2.16. The van der Waals surface area contributed by atoms with E-state index in [1.165, 1.54) is 0 Å². The molecule has 1 atom stereocenters. The molecule has 1 amide bonds. The summed E-state index contributed by atoms with van der Waals surface area (Å²) < 4.78 is 16.7. The van der Waals surface area contributed by atoms with Gasteiger partial charge in [0.15, 0.2) is 17.6 Å². The summed E-state index contributed by atoms with van der Waals surface area (Å²) in [6.45, 7) is 5.96. The third kappa shape index (κ3) is 5.85. The summed E-state index contributed by atoms with van der Waals surface area (Å²) in [5, 5.41) is 3.41. The Balaban J connectivity index is 1.93. The Morgan fingerprint density at radius 2 is 1.85 bits per heavy atom. The van der Waals surface area contributed by atoms with Gasteiger partial charge in [0.1, 0.15) is 5.75 Å². The summed E-state index contributed by atoms with van der Waals surface area (Å²) in [6, 6.07) is 12.5. The average molecular weight is 378 g/mol. The second-order valence-electron chi connectivity index (χ2n) is 6.09. The number of amides is 1. The van der Waals surface area contributed by atoms with Gasteiger partial charge in [-0.1, -0.05) is 23.7 Å². The highest BCUT2D eigenvalue weighted by atomic mass is 35.5. The van der Waals surface area contributed by atoms with E-state index in [1.807, 2.05) is 32.0 Å². The lowest BCUT2D eigenvalue weighted by Crippen LogP contribution is -2.35. The number of hydrogen-bond donors (Lipinski definition) is 1. The normalized spacial score (nSPS) is 11.8. The monoisotopic (exact) mass is 377 g/mol. The van der Waals surface area contributed by atoms with Crippen molar-refractivity contribution in [1.29, 1.82) is 0 Å². The van der Waals surface area contributed by atoms with E-state index >= 15 is 0 Å². The summed E-state index contributed by atoms with van der Waals surface area (Å²) in [7, 11) is 1.59. The molecule has 0 aliphatic rings. The van der Waals surface area contributed by atoms with Crippen LogP contribution in [0.1, 0.15) is 26.3 Å². The molecule has 5 nitrogen and oxygen atoms in total. The van der Waals surface area contributed by atoms with E-state index in [9.17, 15) is 4.79 Å². The number of ether oxygens (including phenoxy) is 3. The largest absolute Gasteiger partial charge is 0.493 e. The van der Waals surface area contributed by atoms with Crippen LogP contribution < -0.4 is 19.5 Å². The zero-order valence-corrected chi connectivity index (χ0v) is 16.2. The predicted molar refractivity (Wildman–Crippen MR) is 102 cm³/mol. The first-order chi connectivity index (χ1) is 12.4. The molecule has 0 bridgehead atoms. The molecule has 140 valence electrons. The second kappa shape index (κ2) is 9.34. The molecule has 0 saturated heterocycles. The number of hydrogen-bond acceptors (Lipinski definition) is 4. The quantitative estimate of drug-likeness (QED) is 0.748. The van der Waals surface area contributed by atoms with Crippen molar-refractivity contribution < 1.29 is 19.0 Å². The molecule has 0 aliphatic carbocycles. The molecule has 26 heavy (non-hydrogen) atoms. The molecule has 0 fully saturated rings. The van der Waals surface area contributed by atoms with Crippen LogP contribution in [0.2, 0.25) is 5.02 Å². The second-order valence-corrected chi connectivity index (χ2v) is 6.52. The molecule has 1 unspecified atom stereocenters. The van der Waals surface area contributed by atoms with Crippen molar-refractivity contribution in [2.45, 2.75) is 39.5 Å². The third-order valence-corrected chi connectivity index (χ3v) is 3.77. The highest BCUT2D eigenvalue weighted by molar-refractivity contribution is 6.30. The van der Waals surface area contributed by atoms with E-state index in [4.69, 9.17) is 25.8 Å². The minimum atomic E-state index is -0.640. The average Bonchev–Trinajstić information content (AvgIpc) is 2.60. The van der Waals surface area contributed by atoms with Crippen molar-refractivity contribution in [2.75, 3.05) is 7.11 Å². The van der Waals surface area contributed by atoms with Crippen LogP contribution in [0.15, 0.2) is 42.5 Å². The summed E-state index contributed by atoms with van der Waals surface area (Å²) in [4.78, 5) is 12.2. The van der Waals surface area contributed by atoms with Gasteiger partial charge in [-0.25, -0.2) is 0 Å². The molecule has 0 heterocycles. The topological polar surface area (TPSA) is 56.8 Å². The van der Waals surface area contributed by atoms with Gasteiger partial charge < -0.3 is 19.5 Å². The fourth-order valence-electron chi connectivity index (χ4n) is 2.30. The van der Waals surface area contributed by atoms with Crippen molar-refractivity contribution >= 4 is 17.5 Å². The molecule has 0 spiro atoms. The van der Waals surface area contributed by atoms with E-state index in [2.05, 4.69) is 5.32 Å². The van der Waals surface area contributed by atoms with Crippen molar-refractivity contribution in [2.24, 2.45) is 0 Å². The predicted octanol–water partition coefficient (Wildman–Crippen LogP) is 4.22. The first kappa shape index (κ1) is 19.9. The zero-order chi connectivity index (χ0) is 19.1. The summed E-state index contributed by atoms with van der Waals surface area (Å²) in [5.74, 6) is 1.65. The van der Waals surface area contributed by atoms with Gasteiger partial charge in [0.05, 0.1) is 13.2 Å². The molecule has 0 aromatic heterocycles. The molecule has 2 aromatic carbocycles. The number of rotatable bonds is 8. The van der Waals surface area contributed by atoms with E-state index in [1.54, 1.807) is 38.3 Å². The molecular weight excluding hydrogens is 354 g/mol. The smallest absolute Gasteiger partial charge is 0.261 e. The van der Waals surface area contributed by atoms with E-state index < -0.39 is 6.10 Å². The molecule has 0 radical (unpaired) electrons. The fraction of sp³-hybridized carbons (Fsp3) is 0.350. The van der Waals surface area contributed by atoms with Gasteiger partial charge in [0.25, 0.3) is 5.91 Å². The summed E-state index contributed by atoms with van der Waals surface area (Å²) >= 11 is 5.92. The van der Waals surface area contributed by atoms with Gasteiger partial charge in [-0.05, 0) is 56.7 Å². The van der Waals surface area contributed by atoms with Crippen LogP contribution in [0, 0.1) is 0 Å². The minimum absolute atomic E-state index is 0.0546. The molecule has 0 aliphatic heterocycles. The maximum absolute atomic E-state index is 12.2. The van der Waals surface area contributed by atoms with Gasteiger partial charge in [-0.2, -0.15) is 0 Å². The number of nitrogens with one attached hydrogen (secondary N) is 1. The molecule has 1 N–H and O–H groups in total. The molecular formula is C20H24ClNO4. The molecule has 0 saturated carbocycles. The van der Waals surface area contributed by atoms with Crippen molar-refractivity contribution in [3.8, 4) is 17.2 Å². The van der Waals surface area contributed by atoms with E-state index in [0.717, 1.165) is 5.56 Å². The Bertz CT molecular complexity index is 748. The zero-order valence-electron chi connectivity index (χ0n) is 15.4. The summed E-state index contributed by atoms with van der Waals surface area (Å²) in [6.07, 6.45) is -0.585. The van der Waals surface area contributed by atoms with Crippen LogP contribution in [-0.4, -0.2) is 25.2 Å². The van der Waals surface area contributed by atoms with E-state index in [0.29, 0.717) is 28.8 Å². The number of carbonyl (C=O) groups excluding carboxylic acids is 1. The number of methoxy groups -OCH3 is 1. The minimum Gasteiger partial charge on any atom is -0.493 e. The first-order valence-electron chi connectivity index (χ1n) is 8.42. The Morgan fingerprint density at radius 3 is 2.50 bits per heavy atom. The highest BCUT2D eigenvalue weighted by Crippen LogP contribution is 2.29. The van der Waals surface area contributed by atoms with Gasteiger partial charge in [0, 0.05) is 11.6 Å². The SMILES string of the molecule is COc1cc(CNC(=O)C(C)Oc2cccc(Cl)c2)ccc1OC(C)C. The van der Waals surface area contributed by atoms with Crippen molar-refractivity contribution in [3.05, 3.63) is 53.1 Å². The van der Waals surface area contributed by atoms with Gasteiger partial charge in [0.2, 0.25) is 0 Å². The van der Waals surface area contributed by atoms with E-state index in [-0.39, 0.29) is 12.0 Å². The third-order valence-electron chi connectivity index (χ3n) is 3.54. The van der Waals surface area contributed by atoms with Crippen LogP contribution >= 0.6 is 11.6 Å². The van der Waals surface area contributed by atoms with Gasteiger partial charge >= 0.3 is 0 Å². The standard InChI is InChI=1S/C20H24ClNO4/c1-13(2)25-18-9-8-15(10-19(18)24-4)12-22-20(23)14(3)26-17-7-5-6-16(21)11-17/h5-11,13-14H,12H2,1-4H3,(H,22,23). The highest BCUT2D eigenvalue weighted by Gasteiger charge is 2.15. The molecule has 2 aromatic rings. The van der Waals surface area contributed by atoms with Crippen LogP contribution in [0.4, 0.5) is 0 Å². The first-order valence-corrected chi connectivity index (χ1v) is 8.80. The lowest BCUT2D eigenvalue weighted by atomic mass is 10.2. The van der Waals surface area contributed by atoms with Crippen LogP contribution in [0.3, 0.4) is 0 Å². The van der Waals surface area contributed by atoms with Gasteiger partial charge in [-0.3, -0.25) is 4.79 Å². The van der Waals surface area contributed by atoms with Crippen molar-refractivity contribution in [3.63, 3.8) is 0 Å². The molecule has 2 rings (SSSR count). The number of halogens is 1. The molecule has 6 heteroatoms.